The van der Waals surface area contributed by atoms with E-state index in [-0.39, 0.29) is 24.8 Å². The summed E-state index contributed by atoms with van der Waals surface area (Å²) in [6.45, 7) is 9.34. The van der Waals surface area contributed by atoms with Crippen LogP contribution >= 0.6 is 0 Å². The van der Waals surface area contributed by atoms with Crippen molar-refractivity contribution in [2.24, 2.45) is 0 Å². The third kappa shape index (κ3) is 6.03. The molecule has 0 amide bonds. The van der Waals surface area contributed by atoms with Crippen molar-refractivity contribution < 1.29 is 45.1 Å². The van der Waals surface area contributed by atoms with E-state index in [0.29, 0.717) is 7.25 Å². The molecule has 4 aromatic carbocycles. The van der Waals surface area contributed by atoms with E-state index in [1.807, 2.05) is 0 Å². The Bertz CT molecular complexity index is 1710. The van der Waals surface area contributed by atoms with Crippen molar-refractivity contribution in [3.8, 4) is 22.3 Å². The molecule has 4 atom stereocenters. The summed E-state index contributed by atoms with van der Waals surface area (Å²) in [6.07, 6.45) is 18.5. The summed E-state index contributed by atoms with van der Waals surface area (Å²) in [7, 11) is 0. The zero-order valence-corrected chi connectivity index (χ0v) is 33.8. The van der Waals surface area contributed by atoms with Gasteiger partial charge in [0.25, 0.3) is 0 Å². The summed E-state index contributed by atoms with van der Waals surface area (Å²) in [4.78, 5) is 0. The van der Waals surface area contributed by atoms with Crippen LogP contribution in [0.25, 0.3) is 34.4 Å². The SMILES string of the molecule is CCCC1=Cc2c(-c3ccc(CC)cc3)cccc2[CH]1[Zr+2]1([CH]2C(CCC)=Cc3c(-c4ccc(CC)cc4)cccc32)[CH]2CCCC[CH]21.[Cl-].[Cl-]. The number of fused-ring (bicyclic) bond motifs is 3. The maximum absolute atomic E-state index is 3.01. The third-order valence-corrected chi connectivity index (χ3v) is 29.7. The normalized spacial score (nSPS) is 23.2. The monoisotopic (exact) mass is 764 g/mol. The molecule has 0 aromatic heterocycles. The van der Waals surface area contributed by atoms with E-state index < -0.39 is 20.3 Å². The summed E-state index contributed by atoms with van der Waals surface area (Å²) in [5.41, 5.74) is 18.7. The molecule has 49 heavy (non-hydrogen) atoms. The molecule has 4 aliphatic rings. The first kappa shape index (κ1) is 36.6. The Balaban J connectivity index is 0.00000208. The standard InChI is InChI=1S/2C20H21.C6H10.2ClH.Zr/c2*1-3-6-16-13-18-7-5-8-19(20(18)14-16)17-11-9-15(4-2)10-12-17;1-2-4-6-5-3-1;;;/h2*5,7-14H,3-4,6H2,1-2H3;1-2H,3-6H2;2*1H;/q;;;;;+2/p-2. The van der Waals surface area contributed by atoms with Crippen LogP contribution in [-0.2, 0) is 33.1 Å². The second-order valence-corrected chi connectivity index (χ2v) is 26.4. The molecule has 0 nitrogen and oxygen atoms in total. The van der Waals surface area contributed by atoms with E-state index in [2.05, 4.69) is 125 Å². The smallest absolute Gasteiger partial charge is 1.00 e. The molecule has 254 valence electrons. The average molecular weight is 767 g/mol. The van der Waals surface area contributed by atoms with Gasteiger partial charge in [-0.2, -0.15) is 0 Å². The number of rotatable bonds is 10. The van der Waals surface area contributed by atoms with Crippen molar-refractivity contribution in [2.45, 2.75) is 106 Å². The van der Waals surface area contributed by atoms with Gasteiger partial charge in [-0.3, -0.25) is 0 Å². The van der Waals surface area contributed by atoms with Crippen LogP contribution in [0, 0.1) is 0 Å². The molecule has 0 N–H and O–H groups in total. The topological polar surface area (TPSA) is 0 Å². The first-order chi connectivity index (χ1) is 23.1. The molecule has 0 radical (unpaired) electrons. The van der Waals surface area contributed by atoms with Crippen LogP contribution in [0.4, 0.5) is 0 Å². The Hall–Kier alpha value is -2.18. The zero-order valence-electron chi connectivity index (χ0n) is 29.9. The average Bonchev–Trinajstić information content (AvgIpc) is 3.38. The van der Waals surface area contributed by atoms with E-state index in [9.17, 15) is 0 Å². The van der Waals surface area contributed by atoms with Gasteiger partial charge in [0, 0.05) is 0 Å². The van der Waals surface area contributed by atoms with Gasteiger partial charge in [-0.05, 0) is 0 Å². The van der Waals surface area contributed by atoms with Gasteiger partial charge in [0.1, 0.15) is 0 Å². The van der Waals surface area contributed by atoms with Crippen molar-refractivity contribution in [1.29, 1.82) is 0 Å². The van der Waals surface area contributed by atoms with Gasteiger partial charge in [-0.1, -0.05) is 0 Å². The Morgan fingerprint density at radius 2 is 0.939 bits per heavy atom. The number of allylic oxidation sites excluding steroid dienone is 2. The van der Waals surface area contributed by atoms with Gasteiger partial charge in [0.05, 0.1) is 0 Å². The van der Waals surface area contributed by atoms with Crippen LogP contribution in [-0.4, -0.2) is 0 Å². The quantitative estimate of drug-likeness (QED) is 0.156. The second kappa shape index (κ2) is 15.2. The minimum atomic E-state index is -3.01. The van der Waals surface area contributed by atoms with E-state index in [0.717, 1.165) is 20.1 Å². The molecule has 0 bridgehead atoms. The van der Waals surface area contributed by atoms with Crippen LogP contribution in [0.2, 0.25) is 7.25 Å². The predicted molar refractivity (Wildman–Crippen MR) is 200 cm³/mol. The first-order valence-electron chi connectivity index (χ1n) is 19.0. The Labute approximate surface area is 313 Å². The fourth-order valence-electron chi connectivity index (χ4n) is 10.7. The van der Waals surface area contributed by atoms with Gasteiger partial charge in [-0.15, -0.1) is 0 Å². The van der Waals surface area contributed by atoms with Crippen molar-refractivity contribution >= 4 is 12.2 Å². The molecule has 0 spiro atoms. The maximum Gasteiger partial charge on any atom is -1.00 e. The molecule has 3 heteroatoms. The largest absolute Gasteiger partial charge is 1.00 e. The first-order valence-corrected chi connectivity index (χ1v) is 24.7. The Kier molecular flexibility index (Phi) is 11.4. The molecule has 4 aromatic rings. The molecule has 1 saturated carbocycles. The van der Waals surface area contributed by atoms with Gasteiger partial charge in [0.2, 0.25) is 0 Å². The van der Waals surface area contributed by atoms with Gasteiger partial charge in [-0.25, -0.2) is 0 Å². The summed E-state index contributed by atoms with van der Waals surface area (Å²) >= 11 is -3.01. The molecule has 4 unspecified atom stereocenters. The zero-order chi connectivity index (χ0) is 32.1. The molecule has 1 saturated heterocycles. The van der Waals surface area contributed by atoms with Crippen molar-refractivity contribution in [1.82, 2.24) is 0 Å². The van der Waals surface area contributed by atoms with Crippen molar-refractivity contribution in [3.05, 3.63) is 129 Å². The van der Waals surface area contributed by atoms with Crippen molar-refractivity contribution in [3.63, 3.8) is 0 Å². The Morgan fingerprint density at radius 3 is 1.31 bits per heavy atom. The number of benzene rings is 4. The van der Waals surface area contributed by atoms with Gasteiger partial charge in [0.15, 0.2) is 0 Å². The fourth-order valence-corrected chi connectivity index (χ4v) is 33.9. The molecular weight excluding hydrogens is 715 g/mol. The predicted octanol–water partition coefficient (Wildman–Crippen LogP) is 7.65. The summed E-state index contributed by atoms with van der Waals surface area (Å²) in [5, 5.41) is 0. The Morgan fingerprint density at radius 1 is 0.531 bits per heavy atom. The number of halogens is 2. The van der Waals surface area contributed by atoms with E-state index >= 15 is 0 Å². The van der Waals surface area contributed by atoms with E-state index in [1.54, 1.807) is 33.4 Å². The molecule has 8 rings (SSSR count). The van der Waals surface area contributed by atoms with Crippen LogP contribution in [0.3, 0.4) is 0 Å². The molecule has 1 heterocycles. The van der Waals surface area contributed by atoms with Crippen molar-refractivity contribution in [2.75, 3.05) is 0 Å². The summed E-state index contributed by atoms with van der Waals surface area (Å²) in [5.74, 6) is 0. The van der Waals surface area contributed by atoms with Crippen LogP contribution in [0.5, 0.6) is 0 Å². The van der Waals surface area contributed by atoms with Crippen LogP contribution in [0.15, 0.2) is 96.1 Å². The van der Waals surface area contributed by atoms with Gasteiger partial charge < -0.3 is 24.8 Å². The minimum Gasteiger partial charge on any atom is -1.00 e. The van der Waals surface area contributed by atoms with Gasteiger partial charge >= 0.3 is 291 Å². The number of hydrogen-bond donors (Lipinski definition) is 0. The third-order valence-electron chi connectivity index (χ3n) is 12.7. The molecular formula is C46H52Cl2Zr. The molecule has 1 aliphatic heterocycles. The van der Waals surface area contributed by atoms with Crippen LogP contribution in [0.1, 0.15) is 120 Å². The number of aryl methyl sites for hydroxylation is 2. The second-order valence-electron chi connectivity index (χ2n) is 15.0. The summed E-state index contributed by atoms with van der Waals surface area (Å²) in [6, 6.07) is 33.7. The summed E-state index contributed by atoms with van der Waals surface area (Å²) < 4.78 is 3.47. The molecule has 3 aliphatic carbocycles. The molecule has 2 fully saturated rings. The minimum absolute atomic E-state index is 0. The fraction of sp³-hybridized carbons (Fsp3) is 0.391. The van der Waals surface area contributed by atoms with E-state index in [1.165, 1.54) is 84.7 Å². The van der Waals surface area contributed by atoms with Crippen LogP contribution < -0.4 is 24.8 Å². The van der Waals surface area contributed by atoms with E-state index in [4.69, 9.17) is 0 Å². The number of hydrogen-bond acceptors (Lipinski definition) is 0. The maximum atomic E-state index is 2.72.